The first kappa shape index (κ1) is 13.0. The second kappa shape index (κ2) is 5.07. The molecular formula is C12H10N2O4S. The predicted octanol–water partition coefficient (Wildman–Crippen LogP) is 2.92. The minimum absolute atomic E-state index is 0.142. The quantitative estimate of drug-likeness (QED) is 0.513. The first-order valence-corrected chi connectivity index (χ1v) is 6.20. The van der Waals surface area contributed by atoms with Crippen molar-refractivity contribution >= 4 is 28.6 Å². The fraction of sp³-hybridized carbons (Fsp3) is 0.0833. The maximum Gasteiger partial charge on any atom is 0.273 e. The summed E-state index contributed by atoms with van der Waals surface area (Å²) in [4.78, 5) is 22.4. The van der Waals surface area contributed by atoms with Crippen molar-refractivity contribution in [2.45, 2.75) is 6.92 Å². The second-order valence-electron chi connectivity index (χ2n) is 3.85. The van der Waals surface area contributed by atoms with Crippen LogP contribution >= 0.6 is 11.3 Å². The summed E-state index contributed by atoms with van der Waals surface area (Å²) >= 11 is 1.29. The second-order valence-corrected chi connectivity index (χ2v) is 4.76. The van der Waals surface area contributed by atoms with Crippen LogP contribution in [0.3, 0.4) is 0 Å². The summed E-state index contributed by atoms with van der Waals surface area (Å²) < 4.78 is 0. The third kappa shape index (κ3) is 2.71. The van der Waals surface area contributed by atoms with Crippen LogP contribution in [0.2, 0.25) is 0 Å². The van der Waals surface area contributed by atoms with Crippen LogP contribution in [0.15, 0.2) is 29.6 Å². The number of carbonyl (C=O) groups excluding carboxylic acids is 1. The van der Waals surface area contributed by atoms with E-state index in [1.54, 1.807) is 12.3 Å². The van der Waals surface area contributed by atoms with Gasteiger partial charge in [0.2, 0.25) is 0 Å². The summed E-state index contributed by atoms with van der Waals surface area (Å²) in [5.74, 6) is -0.687. The molecule has 0 aliphatic rings. The molecule has 1 aromatic heterocycles. The van der Waals surface area contributed by atoms with Crippen molar-refractivity contribution < 1.29 is 14.8 Å². The van der Waals surface area contributed by atoms with Crippen LogP contribution in [0.1, 0.15) is 15.2 Å². The number of hydrogen-bond acceptors (Lipinski definition) is 5. The van der Waals surface area contributed by atoms with E-state index in [1.807, 2.05) is 6.07 Å². The number of nitrogens with one attached hydrogen (secondary N) is 1. The van der Waals surface area contributed by atoms with E-state index in [2.05, 4.69) is 5.32 Å². The average molecular weight is 278 g/mol. The van der Waals surface area contributed by atoms with Gasteiger partial charge in [0.05, 0.1) is 21.6 Å². The number of benzene rings is 1. The van der Waals surface area contributed by atoms with Crippen LogP contribution in [0, 0.1) is 17.0 Å². The summed E-state index contributed by atoms with van der Waals surface area (Å²) in [6.07, 6.45) is 0. The predicted molar refractivity (Wildman–Crippen MR) is 71.8 cm³/mol. The molecule has 0 saturated carbocycles. The van der Waals surface area contributed by atoms with Crippen molar-refractivity contribution in [2.75, 3.05) is 5.32 Å². The summed E-state index contributed by atoms with van der Waals surface area (Å²) in [6, 6.07) is 5.33. The number of phenolic OH excluding ortho intramolecular Hbond substituents is 1. The zero-order valence-electron chi connectivity index (χ0n) is 9.91. The third-order valence-electron chi connectivity index (χ3n) is 2.51. The highest BCUT2D eigenvalue weighted by Gasteiger charge is 2.15. The van der Waals surface area contributed by atoms with Gasteiger partial charge in [0.1, 0.15) is 5.75 Å². The molecule has 0 atom stereocenters. The smallest absolute Gasteiger partial charge is 0.273 e. The Balaban J connectivity index is 2.23. The lowest BCUT2D eigenvalue weighted by Crippen LogP contribution is -2.11. The van der Waals surface area contributed by atoms with Crippen LogP contribution in [0.4, 0.5) is 11.4 Å². The summed E-state index contributed by atoms with van der Waals surface area (Å²) in [5.41, 5.74) is 0.745. The zero-order chi connectivity index (χ0) is 14.0. The van der Waals surface area contributed by atoms with E-state index < -0.39 is 4.92 Å². The number of rotatable bonds is 3. The summed E-state index contributed by atoms with van der Waals surface area (Å²) in [7, 11) is 0. The normalized spacial score (nSPS) is 10.2. The standard InChI is InChI=1S/C12H10N2O4S/c1-7-4-5-19-11(7)12(16)13-9-3-2-8(14(17)18)6-10(9)15/h2-6,15H,1H3,(H,13,16). The molecule has 2 aromatic rings. The van der Waals surface area contributed by atoms with Gasteiger partial charge in [0.25, 0.3) is 11.6 Å². The molecule has 0 saturated heterocycles. The molecular weight excluding hydrogens is 268 g/mol. The van der Waals surface area contributed by atoms with Gasteiger partial charge < -0.3 is 10.4 Å². The van der Waals surface area contributed by atoms with Crippen LogP contribution < -0.4 is 5.32 Å². The number of nitrogens with zero attached hydrogens (tertiary/aromatic N) is 1. The fourth-order valence-corrected chi connectivity index (χ4v) is 2.34. The Labute approximate surface area is 112 Å². The molecule has 1 heterocycles. The van der Waals surface area contributed by atoms with Gasteiger partial charge in [-0.1, -0.05) is 0 Å². The van der Waals surface area contributed by atoms with E-state index in [-0.39, 0.29) is 23.0 Å². The number of amides is 1. The highest BCUT2D eigenvalue weighted by Crippen LogP contribution is 2.28. The van der Waals surface area contributed by atoms with Gasteiger partial charge in [-0.2, -0.15) is 0 Å². The lowest BCUT2D eigenvalue weighted by Gasteiger charge is -2.06. The first-order valence-electron chi connectivity index (χ1n) is 5.32. The molecule has 7 heteroatoms. The van der Waals surface area contributed by atoms with E-state index in [0.29, 0.717) is 4.88 Å². The van der Waals surface area contributed by atoms with Crippen molar-refractivity contribution in [2.24, 2.45) is 0 Å². The maximum absolute atomic E-state index is 11.9. The molecule has 0 aliphatic carbocycles. The van der Waals surface area contributed by atoms with E-state index in [1.165, 1.54) is 23.5 Å². The number of nitro benzene ring substituents is 1. The number of aromatic hydroxyl groups is 1. The molecule has 19 heavy (non-hydrogen) atoms. The van der Waals surface area contributed by atoms with E-state index in [0.717, 1.165) is 11.6 Å². The van der Waals surface area contributed by atoms with Crippen LogP contribution in [0.5, 0.6) is 5.75 Å². The van der Waals surface area contributed by atoms with Gasteiger partial charge in [0.15, 0.2) is 0 Å². The number of aryl methyl sites for hydroxylation is 1. The number of carbonyl (C=O) groups is 1. The van der Waals surface area contributed by atoms with Crippen LogP contribution in [-0.4, -0.2) is 15.9 Å². The fourth-order valence-electron chi connectivity index (χ4n) is 1.52. The van der Waals surface area contributed by atoms with Crippen LogP contribution in [0.25, 0.3) is 0 Å². The van der Waals surface area contributed by atoms with Gasteiger partial charge in [-0.25, -0.2) is 0 Å². The van der Waals surface area contributed by atoms with Gasteiger partial charge in [0, 0.05) is 6.07 Å². The Morgan fingerprint density at radius 3 is 2.68 bits per heavy atom. The number of nitro groups is 1. The van der Waals surface area contributed by atoms with Gasteiger partial charge in [-0.15, -0.1) is 11.3 Å². The summed E-state index contributed by atoms with van der Waals surface area (Å²) in [6.45, 7) is 1.81. The maximum atomic E-state index is 11.9. The van der Waals surface area contributed by atoms with Crippen molar-refractivity contribution in [1.29, 1.82) is 0 Å². The van der Waals surface area contributed by atoms with Gasteiger partial charge in [-0.3, -0.25) is 14.9 Å². The molecule has 0 aliphatic heterocycles. The number of hydrogen-bond donors (Lipinski definition) is 2. The van der Waals surface area contributed by atoms with Crippen LogP contribution in [-0.2, 0) is 0 Å². The highest BCUT2D eigenvalue weighted by atomic mass is 32.1. The SMILES string of the molecule is Cc1ccsc1C(=O)Nc1ccc([N+](=O)[O-])cc1O. The number of non-ortho nitro benzene ring substituents is 1. The molecule has 0 spiro atoms. The average Bonchev–Trinajstić information content (AvgIpc) is 2.77. The molecule has 0 bridgehead atoms. The third-order valence-corrected chi connectivity index (χ3v) is 3.52. The largest absolute Gasteiger partial charge is 0.506 e. The van der Waals surface area contributed by atoms with Crippen molar-refractivity contribution in [3.05, 3.63) is 50.2 Å². The lowest BCUT2D eigenvalue weighted by molar-refractivity contribution is -0.384. The van der Waals surface area contributed by atoms with E-state index >= 15 is 0 Å². The van der Waals surface area contributed by atoms with Gasteiger partial charge in [-0.05, 0) is 30.0 Å². The minimum Gasteiger partial charge on any atom is -0.506 e. The van der Waals surface area contributed by atoms with E-state index in [9.17, 15) is 20.0 Å². The molecule has 2 rings (SSSR count). The topological polar surface area (TPSA) is 92.5 Å². The molecule has 2 N–H and O–H groups in total. The lowest BCUT2D eigenvalue weighted by atomic mass is 10.2. The monoisotopic (exact) mass is 278 g/mol. The van der Waals surface area contributed by atoms with E-state index in [4.69, 9.17) is 0 Å². The summed E-state index contributed by atoms with van der Waals surface area (Å²) in [5, 5.41) is 24.5. The molecule has 98 valence electrons. The molecule has 0 unspecified atom stereocenters. The Hall–Kier alpha value is -2.41. The van der Waals surface area contributed by atoms with Gasteiger partial charge >= 0.3 is 0 Å². The first-order chi connectivity index (χ1) is 8.99. The Bertz CT molecular complexity index is 651. The Morgan fingerprint density at radius 2 is 2.16 bits per heavy atom. The number of thiophene rings is 1. The molecule has 0 fully saturated rings. The Morgan fingerprint density at radius 1 is 1.42 bits per heavy atom. The van der Waals surface area contributed by atoms with Crippen molar-refractivity contribution in [3.63, 3.8) is 0 Å². The van der Waals surface area contributed by atoms with Crippen molar-refractivity contribution in [1.82, 2.24) is 0 Å². The Kier molecular flexibility index (Phi) is 3.48. The number of anilines is 1. The number of phenols is 1. The molecule has 1 aromatic carbocycles. The molecule has 0 radical (unpaired) electrons. The molecule has 6 nitrogen and oxygen atoms in total. The molecule has 1 amide bonds. The minimum atomic E-state index is -0.616. The van der Waals surface area contributed by atoms with Crippen molar-refractivity contribution in [3.8, 4) is 5.75 Å². The zero-order valence-corrected chi connectivity index (χ0v) is 10.7. The highest BCUT2D eigenvalue weighted by molar-refractivity contribution is 7.12.